The molecule has 1 aromatic heterocycles. The van der Waals surface area contributed by atoms with Crippen LogP contribution in [0.1, 0.15) is 25.0 Å². The van der Waals surface area contributed by atoms with Gasteiger partial charge in [-0.1, -0.05) is 11.6 Å². The van der Waals surface area contributed by atoms with E-state index in [0.717, 1.165) is 16.5 Å². The van der Waals surface area contributed by atoms with E-state index in [-0.39, 0.29) is 5.63 Å². The zero-order valence-corrected chi connectivity index (χ0v) is 10.9. The fraction of sp³-hybridized carbons (Fsp3) is 0.267. The molecule has 2 N–H and O–H groups in total. The lowest BCUT2D eigenvalue weighted by Gasteiger charge is -2.08. The summed E-state index contributed by atoms with van der Waals surface area (Å²) in [4.78, 5) is 11.5. The van der Waals surface area contributed by atoms with Crippen molar-refractivity contribution >= 4 is 16.7 Å². The molecule has 0 aliphatic rings. The molecule has 3 heteroatoms. The van der Waals surface area contributed by atoms with Gasteiger partial charge < -0.3 is 10.2 Å². The van der Waals surface area contributed by atoms with Gasteiger partial charge in [-0.15, -0.1) is 0 Å². The van der Waals surface area contributed by atoms with Gasteiger partial charge in [-0.3, -0.25) is 0 Å². The van der Waals surface area contributed by atoms with Gasteiger partial charge in [0.1, 0.15) is 5.58 Å². The van der Waals surface area contributed by atoms with E-state index in [1.165, 1.54) is 11.6 Å². The molecule has 2 aromatic rings. The molecule has 2 rings (SSSR count). The molecule has 0 radical (unpaired) electrons. The quantitative estimate of drug-likeness (QED) is 0.500. The number of benzene rings is 1. The smallest absolute Gasteiger partial charge is 0.336 e. The highest BCUT2D eigenvalue weighted by Gasteiger charge is 2.09. The third-order valence-corrected chi connectivity index (χ3v) is 2.97. The largest absolute Gasteiger partial charge is 0.422 e. The molecule has 18 heavy (non-hydrogen) atoms. The third-order valence-electron chi connectivity index (χ3n) is 2.97. The van der Waals surface area contributed by atoms with Crippen molar-refractivity contribution in [3.63, 3.8) is 0 Å². The first-order chi connectivity index (χ1) is 8.49. The zero-order chi connectivity index (χ0) is 13.3. The molecule has 0 spiro atoms. The minimum Gasteiger partial charge on any atom is -0.422 e. The van der Waals surface area contributed by atoms with E-state index in [2.05, 4.69) is 6.08 Å². The molecule has 0 bridgehead atoms. The maximum absolute atomic E-state index is 11.5. The highest BCUT2D eigenvalue weighted by Crippen LogP contribution is 2.26. The van der Waals surface area contributed by atoms with Crippen molar-refractivity contribution in [2.45, 2.75) is 27.2 Å². The number of fused-ring (bicyclic) bond motifs is 1. The minimum atomic E-state index is -0.330. The van der Waals surface area contributed by atoms with Crippen molar-refractivity contribution in [3.05, 3.63) is 51.4 Å². The van der Waals surface area contributed by atoms with Gasteiger partial charge >= 0.3 is 5.63 Å². The van der Waals surface area contributed by atoms with Crippen molar-refractivity contribution in [2.75, 3.05) is 5.73 Å². The second-order valence-corrected chi connectivity index (χ2v) is 4.74. The summed E-state index contributed by atoms with van der Waals surface area (Å²) in [5.41, 5.74) is 9.93. The molecule has 1 aromatic carbocycles. The van der Waals surface area contributed by atoms with Crippen LogP contribution in [0.2, 0.25) is 0 Å². The summed E-state index contributed by atoms with van der Waals surface area (Å²) in [5, 5.41) is 0.945. The molecular formula is C15H17NO2. The average Bonchev–Trinajstić information content (AvgIpc) is 2.26. The highest BCUT2D eigenvalue weighted by atomic mass is 16.4. The van der Waals surface area contributed by atoms with Gasteiger partial charge in [-0.25, -0.2) is 4.79 Å². The molecule has 3 nitrogen and oxygen atoms in total. The second kappa shape index (κ2) is 4.69. The maximum Gasteiger partial charge on any atom is 0.336 e. The van der Waals surface area contributed by atoms with Crippen LogP contribution in [-0.4, -0.2) is 0 Å². The Kier molecular flexibility index (Phi) is 3.24. The Bertz CT molecular complexity index is 677. The summed E-state index contributed by atoms with van der Waals surface area (Å²) in [7, 11) is 0. The van der Waals surface area contributed by atoms with E-state index in [0.29, 0.717) is 17.7 Å². The number of hydrogen-bond donors (Lipinski definition) is 1. The molecule has 0 atom stereocenters. The molecule has 0 saturated heterocycles. The van der Waals surface area contributed by atoms with Crippen LogP contribution in [0.3, 0.4) is 0 Å². The van der Waals surface area contributed by atoms with Crippen LogP contribution in [0.15, 0.2) is 39.1 Å². The van der Waals surface area contributed by atoms with Gasteiger partial charge in [0.05, 0.1) is 0 Å². The van der Waals surface area contributed by atoms with Gasteiger partial charge in [0.15, 0.2) is 0 Å². The van der Waals surface area contributed by atoms with Crippen molar-refractivity contribution < 1.29 is 4.42 Å². The predicted molar refractivity (Wildman–Crippen MR) is 74.8 cm³/mol. The molecule has 0 saturated carbocycles. The molecule has 0 aliphatic carbocycles. The molecule has 0 aliphatic heterocycles. The van der Waals surface area contributed by atoms with Crippen LogP contribution < -0.4 is 11.4 Å². The van der Waals surface area contributed by atoms with E-state index in [1.807, 2.05) is 32.9 Å². The monoisotopic (exact) mass is 243 g/mol. The summed E-state index contributed by atoms with van der Waals surface area (Å²) in [6.07, 6.45) is 2.76. The molecule has 0 fully saturated rings. The van der Waals surface area contributed by atoms with Gasteiger partial charge in [-0.05, 0) is 44.9 Å². The number of anilines is 1. The number of allylic oxidation sites excluding steroid dienone is 2. The maximum atomic E-state index is 11.5. The van der Waals surface area contributed by atoms with Crippen molar-refractivity contribution in [3.8, 4) is 0 Å². The number of hydrogen-bond acceptors (Lipinski definition) is 3. The van der Waals surface area contributed by atoms with Crippen molar-refractivity contribution in [2.24, 2.45) is 0 Å². The summed E-state index contributed by atoms with van der Waals surface area (Å²) < 4.78 is 5.32. The summed E-state index contributed by atoms with van der Waals surface area (Å²) >= 11 is 0. The Morgan fingerprint density at radius 1 is 1.39 bits per heavy atom. The van der Waals surface area contributed by atoms with Gasteiger partial charge in [0.2, 0.25) is 0 Å². The molecule has 0 unspecified atom stereocenters. The Hall–Kier alpha value is -2.03. The minimum absolute atomic E-state index is 0.330. The number of aryl methyl sites for hydroxylation is 1. The zero-order valence-electron chi connectivity index (χ0n) is 10.9. The fourth-order valence-electron chi connectivity index (χ4n) is 1.97. The van der Waals surface area contributed by atoms with Crippen LogP contribution >= 0.6 is 0 Å². The lowest BCUT2D eigenvalue weighted by Crippen LogP contribution is -2.02. The third kappa shape index (κ3) is 2.30. The predicted octanol–water partition coefficient (Wildman–Crippen LogP) is 3.19. The van der Waals surface area contributed by atoms with E-state index in [9.17, 15) is 4.79 Å². The Labute approximate surface area is 106 Å². The molecule has 1 heterocycles. The van der Waals surface area contributed by atoms with Gasteiger partial charge in [0.25, 0.3) is 0 Å². The van der Waals surface area contributed by atoms with Crippen LogP contribution in [0.5, 0.6) is 0 Å². The number of nitrogen functional groups attached to an aromatic ring is 1. The summed E-state index contributed by atoms with van der Waals surface area (Å²) in [6, 6.07) is 5.27. The van der Waals surface area contributed by atoms with Gasteiger partial charge in [-0.2, -0.15) is 0 Å². The van der Waals surface area contributed by atoms with E-state index < -0.39 is 0 Å². The van der Waals surface area contributed by atoms with E-state index >= 15 is 0 Å². The average molecular weight is 243 g/mol. The van der Waals surface area contributed by atoms with Crippen LogP contribution in [0, 0.1) is 6.92 Å². The second-order valence-electron chi connectivity index (χ2n) is 4.74. The van der Waals surface area contributed by atoms with Crippen LogP contribution in [-0.2, 0) is 6.42 Å². The Morgan fingerprint density at radius 2 is 2.11 bits per heavy atom. The lowest BCUT2D eigenvalue weighted by molar-refractivity contribution is 0.557. The first-order valence-electron chi connectivity index (χ1n) is 5.94. The molecule has 94 valence electrons. The van der Waals surface area contributed by atoms with Crippen LogP contribution in [0.25, 0.3) is 11.0 Å². The number of nitrogens with two attached hydrogens (primary N) is 1. The lowest BCUT2D eigenvalue weighted by atomic mass is 10.0. The molecular weight excluding hydrogens is 226 g/mol. The van der Waals surface area contributed by atoms with Crippen LogP contribution in [0.4, 0.5) is 5.69 Å². The number of rotatable bonds is 2. The van der Waals surface area contributed by atoms with E-state index in [4.69, 9.17) is 10.2 Å². The topological polar surface area (TPSA) is 56.2 Å². The fourth-order valence-corrected chi connectivity index (χ4v) is 1.97. The van der Waals surface area contributed by atoms with Gasteiger partial charge in [0, 0.05) is 22.7 Å². The Balaban J connectivity index is 2.73. The normalized spacial score (nSPS) is 10.6. The molecule has 0 amide bonds. The van der Waals surface area contributed by atoms with E-state index in [1.54, 1.807) is 0 Å². The first-order valence-corrected chi connectivity index (χ1v) is 5.94. The highest BCUT2D eigenvalue weighted by molar-refractivity contribution is 5.87. The standard InChI is InChI=1S/C15H17NO2/c1-9(2)4-5-12-13(16)7-6-11-10(3)8-14(17)18-15(11)12/h4,6-8H,5,16H2,1-3H3. The summed E-state index contributed by atoms with van der Waals surface area (Å²) in [6.45, 7) is 5.96. The Morgan fingerprint density at radius 3 is 2.78 bits per heavy atom. The van der Waals surface area contributed by atoms with Crippen molar-refractivity contribution in [1.29, 1.82) is 0 Å². The van der Waals surface area contributed by atoms with Crippen molar-refractivity contribution in [1.82, 2.24) is 0 Å². The first kappa shape index (κ1) is 12.4. The summed E-state index contributed by atoms with van der Waals surface area (Å²) in [5.74, 6) is 0. The SMILES string of the molecule is CC(C)=CCc1c(N)ccc2c(C)cc(=O)oc12.